The lowest BCUT2D eigenvalue weighted by Gasteiger charge is -2.31. The van der Waals surface area contributed by atoms with E-state index in [4.69, 9.17) is 9.88 Å². The molecule has 2 aromatic carbocycles. The van der Waals surface area contributed by atoms with Crippen LogP contribution in [0.15, 0.2) is 58.3 Å². The number of carbonyl (C=O) groups is 1. The average Bonchev–Trinajstić information content (AvgIpc) is 2.78. The van der Waals surface area contributed by atoms with Crippen LogP contribution < -0.4 is 15.2 Å². The lowest BCUT2D eigenvalue weighted by molar-refractivity contribution is -0.126. The first-order valence-electron chi connectivity index (χ1n) is 10.2. The molecule has 1 atom stereocenters. The summed E-state index contributed by atoms with van der Waals surface area (Å²) in [5.41, 5.74) is 0.709. The molecule has 1 fully saturated rings. The summed E-state index contributed by atoms with van der Waals surface area (Å²) in [7, 11) is -7.49. The normalized spacial score (nSPS) is 17.6. The highest BCUT2D eigenvalue weighted by Crippen LogP contribution is 2.25. The maximum absolute atomic E-state index is 13.0. The molecule has 3 rings (SSSR count). The molecule has 0 spiro atoms. The quantitative estimate of drug-likeness (QED) is 0.586. The maximum atomic E-state index is 13.0. The van der Waals surface area contributed by atoms with Gasteiger partial charge in [0.25, 0.3) is 0 Å². The Balaban J connectivity index is 1.61. The highest BCUT2D eigenvalue weighted by Gasteiger charge is 2.33. The van der Waals surface area contributed by atoms with E-state index in [0.29, 0.717) is 37.3 Å². The summed E-state index contributed by atoms with van der Waals surface area (Å²) in [6.45, 7) is 3.00. The van der Waals surface area contributed by atoms with Gasteiger partial charge in [0.1, 0.15) is 5.75 Å². The van der Waals surface area contributed by atoms with Gasteiger partial charge in [-0.05, 0) is 61.7 Å². The Morgan fingerprint density at radius 3 is 2.28 bits per heavy atom. The van der Waals surface area contributed by atoms with E-state index in [1.54, 1.807) is 24.3 Å². The Bertz CT molecular complexity index is 1150. The van der Waals surface area contributed by atoms with Crippen molar-refractivity contribution in [2.75, 3.05) is 19.7 Å². The fraction of sp³-hybridized carbons (Fsp3) is 0.381. The second kappa shape index (κ2) is 9.99. The van der Waals surface area contributed by atoms with Gasteiger partial charge in [0.2, 0.25) is 26.0 Å². The molecule has 3 N–H and O–H groups in total. The van der Waals surface area contributed by atoms with E-state index in [-0.39, 0.29) is 28.8 Å². The van der Waals surface area contributed by atoms with Gasteiger partial charge in [-0.1, -0.05) is 12.1 Å². The Hall–Kier alpha value is -2.47. The van der Waals surface area contributed by atoms with Gasteiger partial charge in [0.05, 0.1) is 22.3 Å². The molecular weight excluding hydrogens is 454 g/mol. The number of nitrogens with two attached hydrogens (primary N) is 1. The van der Waals surface area contributed by atoms with Gasteiger partial charge in [-0.15, -0.1) is 0 Å². The summed E-state index contributed by atoms with van der Waals surface area (Å²) >= 11 is 0. The fourth-order valence-corrected chi connectivity index (χ4v) is 5.57. The molecule has 11 heteroatoms. The van der Waals surface area contributed by atoms with Crippen LogP contribution in [0.5, 0.6) is 5.75 Å². The maximum Gasteiger partial charge on any atom is 0.243 e. The monoisotopic (exact) mass is 481 g/mol. The van der Waals surface area contributed by atoms with Crippen molar-refractivity contribution in [3.8, 4) is 5.75 Å². The molecule has 1 heterocycles. The van der Waals surface area contributed by atoms with Crippen LogP contribution in [-0.4, -0.2) is 46.7 Å². The summed E-state index contributed by atoms with van der Waals surface area (Å²) in [6, 6.07) is 12.2. The van der Waals surface area contributed by atoms with Crippen LogP contribution in [0.25, 0.3) is 0 Å². The summed E-state index contributed by atoms with van der Waals surface area (Å²) in [5.74, 6) is -0.114. The summed E-state index contributed by atoms with van der Waals surface area (Å²) < 4.78 is 55.4. The molecule has 174 valence electrons. The van der Waals surface area contributed by atoms with Gasteiger partial charge in [0.15, 0.2) is 0 Å². The minimum atomic E-state index is -3.77. The Labute approximate surface area is 188 Å². The number of hydrogen-bond donors (Lipinski definition) is 2. The molecule has 0 bridgehead atoms. The van der Waals surface area contributed by atoms with E-state index >= 15 is 0 Å². The second-order valence-corrected chi connectivity index (χ2v) is 11.0. The number of sulfonamides is 2. The zero-order valence-electron chi connectivity index (χ0n) is 17.7. The first-order chi connectivity index (χ1) is 15.1. The number of primary sulfonamides is 1. The topological polar surface area (TPSA) is 136 Å². The molecule has 1 unspecified atom stereocenters. The first-order valence-corrected chi connectivity index (χ1v) is 13.2. The number of nitrogens with one attached hydrogen (secondary N) is 1. The van der Waals surface area contributed by atoms with Crippen LogP contribution in [0.3, 0.4) is 0 Å². The second-order valence-electron chi connectivity index (χ2n) is 7.51. The molecule has 1 aliphatic rings. The Kier molecular flexibility index (Phi) is 7.55. The molecule has 1 amide bonds. The van der Waals surface area contributed by atoms with Crippen molar-refractivity contribution in [3.05, 3.63) is 54.1 Å². The molecule has 32 heavy (non-hydrogen) atoms. The predicted octanol–water partition coefficient (Wildman–Crippen LogP) is 1.45. The van der Waals surface area contributed by atoms with Gasteiger partial charge < -0.3 is 10.1 Å². The molecule has 1 aliphatic heterocycles. The predicted molar refractivity (Wildman–Crippen MR) is 119 cm³/mol. The lowest BCUT2D eigenvalue weighted by atomic mass is 9.99. The van der Waals surface area contributed by atoms with Crippen molar-refractivity contribution >= 4 is 26.0 Å². The van der Waals surface area contributed by atoms with Crippen LogP contribution in [0, 0.1) is 5.92 Å². The van der Waals surface area contributed by atoms with Crippen molar-refractivity contribution in [1.82, 2.24) is 9.62 Å². The SMILES string of the molecule is CCOc1ccc(S(=O)(=O)N2CCCC(C(=O)NCc3ccc(S(N)(=O)=O)cc3)C2)cc1. The molecule has 2 aromatic rings. The van der Waals surface area contributed by atoms with Gasteiger partial charge in [-0.2, -0.15) is 4.31 Å². The Morgan fingerprint density at radius 2 is 1.69 bits per heavy atom. The molecule has 0 aromatic heterocycles. The largest absolute Gasteiger partial charge is 0.494 e. The van der Waals surface area contributed by atoms with Gasteiger partial charge in [-0.25, -0.2) is 22.0 Å². The molecule has 0 radical (unpaired) electrons. The van der Waals surface area contributed by atoms with Crippen LogP contribution in [-0.2, 0) is 31.4 Å². The third kappa shape index (κ3) is 5.85. The molecular formula is C21H27N3O6S2. The smallest absolute Gasteiger partial charge is 0.243 e. The lowest BCUT2D eigenvalue weighted by Crippen LogP contribution is -2.45. The van der Waals surface area contributed by atoms with Crippen molar-refractivity contribution in [3.63, 3.8) is 0 Å². The summed E-state index contributed by atoms with van der Waals surface area (Å²) in [5, 5.41) is 7.88. The highest BCUT2D eigenvalue weighted by molar-refractivity contribution is 7.89. The molecule has 1 saturated heterocycles. The minimum absolute atomic E-state index is 0.00463. The number of amides is 1. The number of piperidine rings is 1. The highest BCUT2D eigenvalue weighted by atomic mass is 32.2. The molecule has 0 aliphatic carbocycles. The number of nitrogens with zero attached hydrogens (tertiary/aromatic N) is 1. The van der Waals surface area contributed by atoms with Crippen molar-refractivity contribution in [1.29, 1.82) is 0 Å². The van der Waals surface area contributed by atoms with E-state index in [9.17, 15) is 21.6 Å². The van der Waals surface area contributed by atoms with E-state index < -0.39 is 26.0 Å². The average molecular weight is 482 g/mol. The Morgan fingerprint density at radius 1 is 1.06 bits per heavy atom. The zero-order valence-corrected chi connectivity index (χ0v) is 19.4. The number of benzene rings is 2. The van der Waals surface area contributed by atoms with Crippen LogP contribution in [0.2, 0.25) is 0 Å². The van der Waals surface area contributed by atoms with Crippen molar-refractivity contribution in [2.45, 2.75) is 36.1 Å². The first kappa shape index (κ1) is 24.2. The van der Waals surface area contributed by atoms with E-state index in [2.05, 4.69) is 5.32 Å². The number of ether oxygens (including phenoxy) is 1. The van der Waals surface area contributed by atoms with Crippen LogP contribution in [0.4, 0.5) is 0 Å². The van der Waals surface area contributed by atoms with E-state index in [1.807, 2.05) is 6.92 Å². The summed E-state index contributed by atoms with van der Waals surface area (Å²) in [6.07, 6.45) is 1.17. The van der Waals surface area contributed by atoms with Crippen LogP contribution in [0.1, 0.15) is 25.3 Å². The van der Waals surface area contributed by atoms with Gasteiger partial charge >= 0.3 is 0 Å². The van der Waals surface area contributed by atoms with Crippen molar-refractivity contribution in [2.24, 2.45) is 11.1 Å². The van der Waals surface area contributed by atoms with Gasteiger partial charge in [0, 0.05) is 19.6 Å². The number of hydrogen-bond acceptors (Lipinski definition) is 6. The van der Waals surface area contributed by atoms with Crippen LogP contribution >= 0.6 is 0 Å². The molecule has 9 nitrogen and oxygen atoms in total. The van der Waals surface area contributed by atoms with E-state index in [1.165, 1.54) is 28.6 Å². The van der Waals surface area contributed by atoms with E-state index in [0.717, 1.165) is 0 Å². The van der Waals surface area contributed by atoms with Gasteiger partial charge in [-0.3, -0.25) is 4.79 Å². The molecule has 0 saturated carbocycles. The third-order valence-corrected chi connectivity index (χ3v) is 8.05. The number of rotatable bonds is 8. The zero-order chi connectivity index (χ0) is 23.4. The minimum Gasteiger partial charge on any atom is -0.494 e. The standard InChI is InChI=1S/C21H27N3O6S2/c1-2-30-18-7-11-20(12-8-18)32(28,29)24-13-3-4-17(15-24)21(25)23-14-16-5-9-19(10-6-16)31(22,26)27/h5-12,17H,2-4,13-15H2,1H3,(H,23,25)(H2,22,26,27). The summed E-state index contributed by atoms with van der Waals surface area (Å²) in [4.78, 5) is 12.8. The number of carbonyl (C=O) groups excluding carboxylic acids is 1. The third-order valence-electron chi connectivity index (χ3n) is 5.25. The fourth-order valence-electron chi connectivity index (χ4n) is 3.53. The van der Waals surface area contributed by atoms with Crippen molar-refractivity contribution < 1.29 is 26.4 Å².